The van der Waals surface area contributed by atoms with E-state index in [0.717, 1.165) is 0 Å². The van der Waals surface area contributed by atoms with E-state index >= 15 is 0 Å². The maximum atomic E-state index is 12.0. The van der Waals surface area contributed by atoms with Gasteiger partial charge in [0.05, 0.1) is 11.4 Å². The number of benzene rings is 1. The minimum atomic E-state index is -3.65. The smallest absolute Gasteiger partial charge is 0.414 e. The van der Waals surface area contributed by atoms with Crippen molar-refractivity contribution in [2.24, 2.45) is 0 Å². The Balaban J connectivity index is 1.99. The zero-order chi connectivity index (χ0) is 16.2. The standard InChI is InChI=1S/C13H17N3O5S/c1-10(17)14-6-7-15-22(19,20)12-4-2-11(3-5-12)16-8-9-21-13(16)18/h2-5,15H,6-9H2,1H3,(H,14,17). The maximum Gasteiger partial charge on any atom is 0.414 e. The molecule has 0 aromatic heterocycles. The van der Waals surface area contributed by atoms with Crippen molar-refractivity contribution < 1.29 is 22.7 Å². The molecule has 1 aliphatic rings. The van der Waals surface area contributed by atoms with E-state index in [4.69, 9.17) is 4.74 Å². The van der Waals surface area contributed by atoms with E-state index in [9.17, 15) is 18.0 Å². The summed E-state index contributed by atoms with van der Waals surface area (Å²) in [6.07, 6.45) is -0.441. The van der Waals surface area contributed by atoms with E-state index in [0.29, 0.717) is 18.8 Å². The van der Waals surface area contributed by atoms with E-state index in [1.54, 1.807) is 12.1 Å². The highest BCUT2D eigenvalue weighted by atomic mass is 32.2. The molecule has 1 aromatic carbocycles. The predicted octanol–water partition coefficient (Wildman–Crippen LogP) is 0.0576. The zero-order valence-electron chi connectivity index (χ0n) is 12.0. The molecule has 2 rings (SSSR count). The van der Waals surface area contributed by atoms with Crippen molar-refractivity contribution in [1.82, 2.24) is 10.0 Å². The summed E-state index contributed by atoms with van der Waals surface area (Å²) >= 11 is 0. The molecule has 0 saturated carbocycles. The monoisotopic (exact) mass is 327 g/mol. The fourth-order valence-corrected chi connectivity index (χ4v) is 2.97. The molecular weight excluding hydrogens is 310 g/mol. The van der Waals surface area contributed by atoms with Gasteiger partial charge in [-0.15, -0.1) is 0 Å². The summed E-state index contributed by atoms with van der Waals surface area (Å²) in [7, 11) is -3.65. The average Bonchev–Trinajstić information content (AvgIpc) is 2.90. The van der Waals surface area contributed by atoms with Gasteiger partial charge in [0.2, 0.25) is 15.9 Å². The van der Waals surface area contributed by atoms with Crippen LogP contribution in [0.4, 0.5) is 10.5 Å². The second kappa shape index (κ2) is 6.75. The van der Waals surface area contributed by atoms with E-state index in [-0.39, 0.29) is 23.9 Å². The van der Waals surface area contributed by atoms with E-state index in [2.05, 4.69) is 10.0 Å². The first-order valence-corrected chi connectivity index (χ1v) is 8.17. The first-order valence-electron chi connectivity index (χ1n) is 6.68. The number of anilines is 1. The summed E-state index contributed by atoms with van der Waals surface area (Å²) < 4.78 is 31.3. The van der Waals surface area contributed by atoms with Gasteiger partial charge in [-0.05, 0) is 24.3 Å². The van der Waals surface area contributed by atoms with E-state index < -0.39 is 16.1 Å². The van der Waals surface area contributed by atoms with Crippen LogP contribution in [-0.2, 0) is 19.6 Å². The van der Waals surface area contributed by atoms with Crippen LogP contribution in [0.1, 0.15) is 6.92 Å². The number of carbonyl (C=O) groups excluding carboxylic acids is 2. The summed E-state index contributed by atoms with van der Waals surface area (Å²) in [6.45, 7) is 2.44. The zero-order valence-corrected chi connectivity index (χ0v) is 12.9. The SMILES string of the molecule is CC(=O)NCCNS(=O)(=O)c1ccc(N2CCOC2=O)cc1. The lowest BCUT2D eigenvalue weighted by molar-refractivity contribution is -0.118. The lowest BCUT2D eigenvalue weighted by atomic mass is 10.3. The fraction of sp³-hybridized carbons (Fsp3) is 0.385. The molecule has 1 heterocycles. The Kier molecular flexibility index (Phi) is 4.99. The molecule has 8 nitrogen and oxygen atoms in total. The van der Waals surface area contributed by atoms with Crippen molar-refractivity contribution in [3.8, 4) is 0 Å². The highest BCUT2D eigenvalue weighted by Crippen LogP contribution is 2.20. The van der Waals surface area contributed by atoms with E-state index in [1.165, 1.54) is 24.0 Å². The second-order valence-electron chi connectivity index (χ2n) is 4.64. The van der Waals surface area contributed by atoms with Crippen LogP contribution in [0.25, 0.3) is 0 Å². The normalized spacial score (nSPS) is 14.8. The van der Waals surface area contributed by atoms with Gasteiger partial charge in [-0.25, -0.2) is 17.9 Å². The van der Waals surface area contributed by atoms with Gasteiger partial charge in [-0.2, -0.15) is 0 Å². The summed E-state index contributed by atoms with van der Waals surface area (Å²) in [5.74, 6) is -0.221. The van der Waals surface area contributed by atoms with Crippen LogP contribution >= 0.6 is 0 Å². The second-order valence-corrected chi connectivity index (χ2v) is 6.41. The Hall–Kier alpha value is -2.13. The molecule has 1 aromatic rings. The van der Waals surface area contributed by atoms with Crippen molar-refractivity contribution in [2.75, 3.05) is 31.1 Å². The van der Waals surface area contributed by atoms with Gasteiger partial charge >= 0.3 is 6.09 Å². The Morgan fingerprint density at radius 1 is 1.27 bits per heavy atom. The van der Waals surface area contributed by atoms with Gasteiger partial charge in [-0.3, -0.25) is 9.69 Å². The van der Waals surface area contributed by atoms with Crippen molar-refractivity contribution in [2.45, 2.75) is 11.8 Å². The Morgan fingerprint density at radius 2 is 1.95 bits per heavy atom. The molecule has 0 radical (unpaired) electrons. The number of carbonyl (C=O) groups is 2. The number of hydrogen-bond donors (Lipinski definition) is 2. The molecule has 1 aliphatic heterocycles. The third kappa shape index (κ3) is 3.95. The molecule has 2 amide bonds. The van der Waals surface area contributed by atoms with Crippen LogP contribution in [0, 0.1) is 0 Å². The van der Waals surface area contributed by atoms with Crippen molar-refractivity contribution in [3.05, 3.63) is 24.3 Å². The Bertz CT molecular complexity index is 657. The quantitative estimate of drug-likeness (QED) is 0.719. The van der Waals surface area contributed by atoms with Crippen molar-refractivity contribution in [1.29, 1.82) is 0 Å². The number of rotatable bonds is 6. The topological polar surface area (TPSA) is 105 Å². The number of amides is 2. The summed E-state index contributed by atoms with van der Waals surface area (Å²) in [6, 6.07) is 5.94. The van der Waals surface area contributed by atoms with Crippen molar-refractivity contribution in [3.63, 3.8) is 0 Å². The number of nitrogens with zero attached hydrogens (tertiary/aromatic N) is 1. The number of cyclic esters (lactones) is 1. The fourth-order valence-electron chi connectivity index (χ4n) is 1.94. The molecule has 9 heteroatoms. The predicted molar refractivity (Wildman–Crippen MR) is 79.0 cm³/mol. The van der Waals surface area contributed by atoms with Crippen LogP contribution in [-0.4, -0.2) is 46.7 Å². The number of sulfonamides is 1. The molecule has 1 fully saturated rings. The highest BCUT2D eigenvalue weighted by Gasteiger charge is 2.24. The first-order chi connectivity index (χ1) is 10.4. The minimum absolute atomic E-state index is 0.0895. The first kappa shape index (κ1) is 16.2. The Morgan fingerprint density at radius 3 is 2.50 bits per heavy atom. The van der Waals surface area contributed by atoms with Crippen LogP contribution in [0.15, 0.2) is 29.2 Å². The van der Waals surface area contributed by atoms with Gasteiger partial charge in [0.1, 0.15) is 6.61 Å². The molecule has 1 saturated heterocycles. The lowest BCUT2D eigenvalue weighted by Gasteiger charge is -2.13. The molecule has 120 valence electrons. The van der Waals surface area contributed by atoms with Crippen LogP contribution < -0.4 is 14.9 Å². The molecule has 0 spiro atoms. The number of ether oxygens (including phenoxy) is 1. The van der Waals surface area contributed by atoms with Gasteiger partial charge < -0.3 is 10.1 Å². The van der Waals surface area contributed by atoms with Gasteiger partial charge in [0.25, 0.3) is 0 Å². The van der Waals surface area contributed by atoms with Crippen LogP contribution in [0.3, 0.4) is 0 Å². The van der Waals surface area contributed by atoms with Crippen LogP contribution in [0.2, 0.25) is 0 Å². The van der Waals surface area contributed by atoms with Gasteiger partial charge in [0, 0.05) is 25.7 Å². The molecule has 0 atom stereocenters. The number of hydrogen-bond acceptors (Lipinski definition) is 5. The lowest BCUT2D eigenvalue weighted by Crippen LogP contribution is -2.33. The molecule has 0 aliphatic carbocycles. The molecule has 2 N–H and O–H groups in total. The van der Waals surface area contributed by atoms with Gasteiger partial charge in [0.15, 0.2) is 0 Å². The van der Waals surface area contributed by atoms with Gasteiger partial charge in [-0.1, -0.05) is 0 Å². The molecule has 0 unspecified atom stereocenters. The molecular formula is C13H17N3O5S. The molecule has 22 heavy (non-hydrogen) atoms. The Labute approximate surface area is 128 Å². The summed E-state index contributed by atoms with van der Waals surface area (Å²) in [5.41, 5.74) is 0.583. The number of nitrogens with one attached hydrogen (secondary N) is 2. The van der Waals surface area contributed by atoms with E-state index in [1.807, 2.05) is 0 Å². The average molecular weight is 327 g/mol. The van der Waals surface area contributed by atoms with Crippen LogP contribution in [0.5, 0.6) is 0 Å². The maximum absolute atomic E-state index is 12.0. The third-order valence-corrected chi connectivity index (χ3v) is 4.49. The minimum Gasteiger partial charge on any atom is -0.447 e. The van der Waals surface area contributed by atoms with Crippen molar-refractivity contribution >= 4 is 27.7 Å². The largest absolute Gasteiger partial charge is 0.447 e. The molecule has 0 bridgehead atoms. The summed E-state index contributed by atoms with van der Waals surface area (Å²) in [4.78, 5) is 23.6. The third-order valence-electron chi connectivity index (χ3n) is 3.01. The summed E-state index contributed by atoms with van der Waals surface area (Å²) in [5, 5.41) is 2.50. The highest BCUT2D eigenvalue weighted by molar-refractivity contribution is 7.89.